The van der Waals surface area contributed by atoms with Crippen LogP contribution in [0.1, 0.15) is 42.2 Å². The first-order valence-electron chi connectivity index (χ1n) is 7.17. The summed E-state index contributed by atoms with van der Waals surface area (Å²) in [6.45, 7) is 3.57. The molecule has 0 radical (unpaired) electrons. The molecule has 0 fully saturated rings. The summed E-state index contributed by atoms with van der Waals surface area (Å²) >= 11 is 0. The second kappa shape index (κ2) is 5.77. The Morgan fingerprint density at radius 1 is 1.45 bits per heavy atom. The molecule has 0 bridgehead atoms. The summed E-state index contributed by atoms with van der Waals surface area (Å²) in [5, 5.41) is 14.6. The number of hydrogen-bond acceptors (Lipinski definition) is 3. The topological polar surface area (TPSA) is 47.3 Å². The van der Waals surface area contributed by atoms with Crippen LogP contribution in [0.2, 0.25) is 0 Å². The number of aryl methyl sites for hydroxylation is 1. The minimum atomic E-state index is -0.536. The third kappa shape index (κ3) is 2.62. The average Bonchev–Trinajstić information content (AvgIpc) is 2.97. The van der Waals surface area contributed by atoms with Crippen molar-refractivity contribution in [3.63, 3.8) is 0 Å². The largest absolute Gasteiger partial charge is 0.388 e. The first kappa shape index (κ1) is 13.3. The van der Waals surface area contributed by atoms with E-state index in [-0.39, 0.29) is 6.10 Å². The van der Waals surface area contributed by atoms with Gasteiger partial charge >= 0.3 is 0 Å². The molecule has 2 unspecified atom stereocenters. The van der Waals surface area contributed by atoms with Crippen molar-refractivity contribution in [2.24, 2.45) is 0 Å². The van der Waals surface area contributed by atoms with Gasteiger partial charge in [0.15, 0.2) is 0 Å². The average molecular weight is 272 g/mol. The van der Waals surface area contributed by atoms with Crippen molar-refractivity contribution < 1.29 is 9.84 Å². The number of ether oxygens (including phenoxy) is 1. The molecule has 2 atom stereocenters. The SMILES string of the molecule is CCn1cc(C(O)CC2OCCc3ccccc32)cn1. The molecule has 1 aromatic heterocycles. The number of nitrogens with zero attached hydrogens (tertiary/aromatic N) is 2. The summed E-state index contributed by atoms with van der Waals surface area (Å²) < 4.78 is 7.67. The fourth-order valence-electron chi connectivity index (χ4n) is 2.74. The Bertz CT molecular complexity index is 579. The molecule has 0 aliphatic carbocycles. The van der Waals surface area contributed by atoms with Crippen molar-refractivity contribution in [1.29, 1.82) is 0 Å². The lowest BCUT2D eigenvalue weighted by molar-refractivity contribution is 0.00375. The Kier molecular flexibility index (Phi) is 3.85. The number of aliphatic hydroxyl groups excluding tert-OH is 1. The standard InChI is InChI=1S/C16H20N2O2/c1-2-18-11-13(10-17-18)15(19)9-16-14-6-4-3-5-12(14)7-8-20-16/h3-6,10-11,15-16,19H,2,7-9H2,1H3. The normalized spacial score (nSPS) is 19.6. The molecule has 3 rings (SSSR count). The van der Waals surface area contributed by atoms with E-state index < -0.39 is 6.10 Å². The van der Waals surface area contributed by atoms with Crippen LogP contribution in [0.15, 0.2) is 36.7 Å². The number of rotatable bonds is 4. The fraction of sp³-hybridized carbons (Fsp3) is 0.438. The maximum Gasteiger partial charge on any atom is 0.0855 e. The van der Waals surface area contributed by atoms with Gasteiger partial charge in [0, 0.05) is 24.7 Å². The molecule has 106 valence electrons. The van der Waals surface area contributed by atoms with Gasteiger partial charge in [-0.15, -0.1) is 0 Å². The number of benzene rings is 1. The molecule has 2 heterocycles. The highest BCUT2D eigenvalue weighted by Crippen LogP contribution is 2.34. The lowest BCUT2D eigenvalue weighted by Crippen LogP contribution is -2.18. The van der Waals surface area contributed by atoms with E-state index in [1.54, 1.807) is 6.20 Å². The smallest absolute Gasteiger partial charge is 0.0855 e. The van der Waals surface area contributed by atoms with E-state index in [4.69, 9.17) is 4.74 Å². The third-order valence-corrected chi connectivity index (χ3v) is 3.89. The zero-order chi connectivity index (χ0) is 13.9. The van der Waals surface area contributed by atoms with Crippen LogP contribution in [0, 0.1) is 0 Å². The van der Waals surface area contributed by atoms with E-state index in [1.165, 1.54) is 11.1 Å². The molecule has 1 aliphatic heterocycles. The highest BCUT2D eigenvalue weighted by Gasteiger charge is 2.24. The minimum absolute atomic E-state index is 0.0278. The molecule has 20 heavy (non-hydrogen) atoms. The lowest BCUT2D eigenvalue weighted by Gasteiger charge is -2.27. The van der Waals surface area contributed by atoms with Crippen molar-refractivity contribution in [3.05, 3.63) is 53.3 Å². The molecule has 4 heteroatoms. The van der Waals surface area contributed by atoms with Crippen molar-refractivity contribution in [2.75, 3.05) is 6.61 Å². The van der Waals surface area contributed by atoms with Crippen LogP contribution in [0.5, 0.6) is 0 Å². The Labute approximate surface area is 119 Å². The second-order valence-corrected chi connectivity index (χ2v) is 5.19. The zero-order valence-corrected chi connectivity index (χ0v) is 11.7. The van der Waals surface area contributed by atoms with E-state index in [0.717, 1.165) is 25.1 Å². The van der Waals surface area contributed by atoms with Gasteiger partial charge in [-0.1, -0.05) is 24.3 Å². The van der Waals surface area contributed by atoms with Crippen LogP contribution in [-0.4, -0.2) is 21.5 Å². The van der Waals surface area contributed by atoms with Gasteiger partial charge in [-0.25, -0.2) is 0 Å². The van der Waals surface area contributed by atoms with Crippen LogP contribution in [0.25, 0.3) is 0 Å². The molecule has 0 saturated heterocycles. The van der Waals surface area contributed by atoms with Crippen molar-refractivity contribution in [1.82, 2.24) is 9.78 Å². The molecular formula is C16H20N2O2. The van der Waals surface area contributed by atoms with E-state index in [1.807, 2.05) is 23.9 Å². The lowest BCUT2D eigenvalue weighted by atomic mass is 9.93. The molecule has 1 aliphatic rings. The maximum absolute atomic E-state index is 10.4. The summed E-state index contributed by atoms with van der Waals surface area (Å²) in [5.74, 6) is 0. The van der Waals surface area contributed by atoms with Crippen LogP contribution < -0.4 is 0 Å². The molecule has 1 N–H and O–H groups in total. The monoisotopic (exact) mass is 272 g/mol. The van der Waals surface area contributed by atoms with Crippen LogP contribution in [0.3, 0.4) is 0 Å². The maximum atomic E-state index is 10.4. The fourth-order valence-corrected chi connectivity index (χ4v) is 2.74. The summed E-state index contributed by atoms with van der Waals surface area (Å²) in [5.41, 5.74) is 3.40. The molecule has 0 amide bonds. The Hall–Kier alpha value is -1.65. The van der Waals surface area contributed by atoms with Gasteiger partial charge in [0.1, 0.15) is 0 Å². The summed E-state index contributed by atoms with van der Waals surface area (Å²) in [4.78, 5) is 0. The number of hydrogen-bond donors (Lipinski definition) is 1. The highest BCUT2D eigenvalue weighted by molar-refractivity contribution is 5.31. The summed E-state index contributed by atoms with van der Waals surface area (Å²) in [7, 11) is 0. The molecule has 0 spiro atoms. The molecule has 4 nitrogen and oxygen atoms in total. The van der Waals surface area contributed by atoms with Crippen molar-refractivity contribution in [2.45, 2.75) is 38.5 Å². The van der Waals surface area contributed by atoms with Crippen LogP contribution in [0.4, 0.5) is 0 Å². The van der Waals surface area contributed by atoms with E-state index in [0.29, 0.717) is 6.42 Å². The molecule has 2 aromatic rings. The predicted molar refractivity (Wildman–Crippen MR) is 76.3 cm³/mol. The van der Waals surface area contributed by atoms with Gasteiger partial charge in [0.25, 0.3) is 0 Å². The molecule has 0 saturated carbocycles. The van der Waals surface area contributed by atoms with Gasteiger partial charge in [0.2, 0.25) is 0 Å². The van der Waals surface area contributed by atoms with Crippen LogP contribution >= 0.6 is 0 Å². The Morgan fingerprint density at radius 2 is 2.30 bits per heavy atom. The quantitative estimate of drug-likeness (QED) is 0.930. The van der Waals surface area contributed by atoms with Gasteiger partial charge in [-0.2, -0.15) is 5.10 Å². The van der Waals surface area contributed by atoms with Gasteiger partial charge < -0.3 is 9.84 Å². The summed E-state index contributed by atoms with van der Waals surface area (Å²) in [6, 6.07) is 8.33. The molecular weight excluding hydrogens is 252 g/mol. The number of aromatic nitrogens is 2. The zero-order valence-electron chi connectivity index (χ0n) is 11.7. The van der Waals surface area contributed by atoms with Crippen molar-refractivity contribution >= 4 is 0 Å². The van der Waals surface area contributed by atoms with Gasteiger partial charge in [0.05, 0.1) is 25.0 Å². The van der Waals surface area contributed by atoms with Crippen LogP contribution in [-0.2, 0) is 17.7 Å². The first-order chi connectivity index (χ1) is 9.78. The van der Waals surface area contributed by atoms with Gasteiger partial charge in [-0.3, -0.25) is 4.68 Å². The van der Waals surface area contributed by atoms with Gasteiger partial charge in [-0.05, 0) is 24.5 Å². The predicted octanol–water partition coefficient (Wildman–Crippen LogP) is 2.64. The van der Waals surface area contributed by atoms with Crippen molar-refractivity contribution in [3.8, 4) is 0 Å². The summed E-state index contributed by atoms with van der Waals surface area (Å²) in [6.07, 6.45) is 4.61. The minimum Gasteiger partial charge on any atom is -0.388 e. The third-order valence-electron chi connectivity index (χ3n) is 3.89. The van der Waals surface area contributed by atoms with E-state index in [2.05, 4.69) is 23.3 Å². The highest BCUT2D eigenvalue weighted by atomic mass is 16.5. The first-order valence-corrected chi connectivity index (χ1v) is 7.17. The Morgan fingerprint density at radius 3 is 3.10 bits per heavy atom. The number of aliphatic hydroxyl groups is 1. The second-order valence-electron chi connectivity index (χ2n) is 5.19. The number of fused-ring (bicyclic) bond motifs is 1. The molecule has 1 aromatic carbocycles. The van der Waals surface area contributed by atoms with E-state index in [9.17, 15) is 5.11 Å². The Balaban J connectivity index is 1.75. The van der Waals surface area contributed by atoms with E-state index >= 15 is 0 Å².